The van der Waals surface area contributed by atoms with E-state index in [-0.39, 0.29) is 0 Å². The van der Waals surface area contributed by atoms with E-state index < -0.39 is 0 Å². The molecular formula is C13H18N4. The number of nitrogens with one attached hydrogen (secondary N) is 1. The van der Waals surface area contributed by atoms with Crippen LogP contribution in [0.25, 0.3) is 0 Å². The van der Waals surface area contributed by atoms with Gasteiger partial charge >= 0.3 is 0 Å². The Bertz CT molecular complexity index is 436. The lowest BCUT2D eigenvalue weighted by molar-refractivity contribution is 0.692. The third kappa shape index (κ3) is 3.67. The van der Waals surface area contributed by atoms with Gasteiger partial charge in [-0.15, -0.1) is 0 Å². The lowest BCUT2D eigenvalue weighted by Crippen LogP contribution is -2.10. The Morgan fingerprint density at radius 3 is 3.06 bits per heavy atom. The fourth-order valence-corrected chi connectivity index (χ4v) is 1.72. The van der Waals surface area contributed by atoms with Crippen LogP contribution in [0.3, 0.4) is 0 Å². The fourth-order valence-electron chi connectivity index (χ4n) is 1.72. The van der Waals surface area contributed by atoms with Gasteiger partial charge in [-0.05, 0) is 25.1 Å². The second kappa shape index (κ2) is 6.15. The third-order valence-electron chi connectivity index (χ3n) is 2.70. The van der Waals surface area contributed by atoms with Crippen molar-refractivity contribution in [3.63, 3.8) is 0 Å². The van der Waals surface area contributed by atoms with Crippen LogP contribution in [-0.4, -0.2) is 28.1 Å². The molecule has 0 bridgehead atoms. The van der Waals surface area contributed by atoms with E-state index in [0.717, 1.165) is 31.6 Å². The number of aryl methyl sites for hydroxylation is 2. The highest BCUT2D eigenvalue weighted by Gasteiger charge is 1.99. The van der Waals surface area contributed by atoms with Crippen LogP contribution in [0.4, 0.5) is 0 Å². The predicted molar refractivity (Wildman–Crippen MR) is 67.8 cm³/mol. The molecule has 1 N–H and O–H groups in total. The van der Waals surface area contributed by atoms with E-state index in [1.54, 1.807) is 6.20 Å². The smallest absolute Gasteiger partial charge is 0.0949 e. The van der Waals surface area contributed by atoms with Crippen LogP contribution in [0.15, 0.2) is 37.1 Å². The Labute approximate surface area is 102 Å². The van der Waals surface area contributed by atoms with Gasteiger partial charge in [-0.1, -0.05) is 6.07 Å². The molecule has 0 saturated heterocycles. The van der Waals surface area contributed by atoms with Gasteiger partial charge in [0.2, 0.25) is 0 Å². The van der Waals surface area contributed by atoms with Gasteiger partial charge in [0.05, 0.1) is 12.0 Å². The zero-order valence-electron chi connectivity index (χ0n) is 10.1. The molecule has 0 aliphatic carbocycles. The average molecular weight is 230 g/mol. The maximum atomic E-state index is 4.37. The molecule has 0 atom stereocenters. The quantitative estimate of drug-likeness (QED) is 0.813. The Morgan fingerprint density at radius 1 is 1.35 bits per heavy atom. The monoisotopic (exact) mass is 230 g/mol. The molecule has 2 aromatic rings. The minimum absolute atomic E-state index is 0.957. The number of aromatic nitrogens is 3. The number of likely N-dealkylation sites (N-methyl/N-ethyl adjacent to an activating group) is 1. The molecular weight excluding hydrogens is 212 g/mol. The first kappa shape index (κ1) is 11.8. The Morgan fingerprint density at radius 2 is 2.29 bits per heavy atom. The van der Waals surface area contributed by atoms with Crippen molar-refractivity contribution in [1.82, 2.24) is 19.9 Å². The molecule has 4 nitrogen and oxygen atoms in total. The summed E-state index contributed by atoms with van der Waals surface area (Å²) >= 11 is 0. The van der Waals surface area contributed by atoms with Gasteiger partial charge in [-0.2, -0.15) is 0 Å². The zero-order chi connectivity index (χ0) is 11.9. The second-order valence-electron chi connectivity index (χ2n) is 4.07. The summed E-state index contributed by atoms with van der Waals surface area (Å²) in [5, 5.41) is 3.13. The summed E-state index contributed by atoms with van der Waals surface area (Å²) in [6.07, 6.45) is 9.72. The molecule has 0 aliphatic heterocycles. The summed E-state index contributed by atoms with van der Waals surface area (Å²) in [7, 11) is 1.96. The highest BCUT2D eigenvalue weighted by Crippen LogP contribution is 2.02. The first-order chi connectivity index (χ1) is 8.38. The number of rotatable bonds is 6. The van der Waals surface area contributed by atoms with Crippen LogP contribution in [0.1, 0.15) is 11.3 Å². The molecule has 2 rings (SSSR count). The molecule has 2 heterocycles. The lowest BCUT2D eigenvalue weighted by Gasteiger charge is -2.01. The number of nitrogens with zero attached hydrogens (tertiary/aromatic N) is 3. The molecule has 0 aliphatic rings. The largest absolute Gasteiger partial charge is 0.337 e. The Balaban J connectivity index is 1.85. The van der Waals surface area contributed by atoms with Crippen molar-refractivity contribution >= 4 is 0 Å². The molecule has 17 heavy (non-hydrogen) atoms. The number of imidazole rings is 1. The average Bonchev–Trinajstić information content (AvgIpc) is 2.83. The van der Waals surface area contributed by atoms with Gasteiger partial charge in [0.25, 0.3) is 0 Å². The molecule has 90 valence electrons. The first-order valence-electron chi connectivity index (χ1n) is 5.92. The number of pyridine rings is 1. The van der Waals surface area contributed by atoms with E-state index in [1.165, 1.54) is 5.56 Å². The van der Waals surface area contributed by atoms with Crippen LogP contribution < -0.4 is 5.32 Å². The second-order valence-corrected chi connectivity index (χ2v) is 4.07. The molecule has 2 aromatic heterocycles. The molecule has 0 spiro atoms. The van der Waals surface area contributed by atoms with Gasteiger partial charge in [0.1, 0.15) is 0 Å². The van der Waals surface area contributed by atoms with Crippen LogP contribution >= 0.6 is 0 Å². The number of hydrogen-bond acceptors (Lipinski definition) is 3. The van der Waals surface area contributed by atoms with Crippen molar-refractivity contribution in [2.24, 2.45) is 0 Å². The molecule has 0 unspecified atom stereocenters. The summed E-state index contributed by atoms with van der Waals surface area (Å²) in [5.74, 6) is 0. The fraction of sp³-hybridized carbons (Fsp3) is 0.385. The summed E-state index contributed by atoms with van der Waals surface area (Å²) in [5.41, 5.74) is 2.41. The molecule has 0 amide bonds. The van der Waals surface area contributed by atoms with Crippen molar-refractivity contribution in [3.8, 4) is 0 Å². The van der Waals surface area contributed by atoms with Gasteiger partial charge < -0.3 is 9.88 Å². The van der Waals surface area contributed by atoms with E-state index in [0.29, 0.717) is 0 Å². The molecule has 4 heteroatoms. The topological polar surface area (TPSA) is 42.7 Å². The van der Waals surface area contributed by atoms with Crippen molar-refractivity contribution in [2.45, 2.75) is 19.4 Å². The minimum atomic E-state index is 0.957. The van der Waals surface area contributed by atoms with Crippen molar-refractivity contribution in [3.05, 3.63) is 48.3 Å². The Kier molecular flexibility index (Phi) is 4.27. The van der Waals surface area contributed by atoms with Crippen LogP contribution in [0, 0.1) is 0 Å². The normalized spacial score (nSPS) is 10.6. The zero-order valence-corrected chi connectivity index (χ0v) is 10.1. The van der Waals surface area contributed by atoms with Crippen molar-refractivity contribution in [1.29, 1.82) is 0 Å². The van der Waals surface area contributed by atoms with Crippen LogP contribution in [-0.2, 0) is 19.4 Å². The van der Waals surface area contributed by atoms with Crippen molar-refractivity contribution in [2.75, 3.05) is 13.6 Å². The van der Waals surface area contributed by atoms with E-state index in [4.69, 9.17) is 0 Å². The van der Waals surface area contributed by atoms with Gasteiger partial charge in [-0.3, -0.25) is 4.98 Å². The van der Waals surface area contributed by atoms with Crippen LogP contribution in [0.2, 0.25) is 0 Å². The minimum Gasteiger partial charge on any atom is -0.337 e. The maximum Gasteiger partial charge on any atom is 0.0949 e. The molecule has 0 radical (unpaired) electrons. The predicted octanol–water partition coefficient (Wildman–Crippen LogP) is 1.28. The van der Waals surface area contributed by atoms with Crippen LogP contribution in [0.5, 0.6) is 0 Å². The standard InChI is InChI=1S/C13H18N4/c1-14-7-4-13-10-17(11-16-13)8-5-12-3-2-6-15-9-12/h2-3,6,9-11,14H,4-5,7-8H2,1H3. The highest BCUT2D eigenvalue weighted by molar-refractivity contribution is 5.08. The number of hydrogen-bond donors (Lipinski definition) is 1. The van der Waals surface area contributed by atoms with Gasteiger partial charge in [0.15, 0.2) is 0 Å². The first-order valence-corrected chi connectivity index (χ1v) is 5.92. The van der Waals surface area contributed by atoms with Gasteiger partial charge in [0, 0.05) is 38.1 Å². The molecule has 0 saturated carbocycles. The maximum absolute atomic E-state index is 4.37. The molecule has 0 aromatic carbocycles. The van der Waals surface area contributed by atoms with E-state index in [9.17, 15) is 0 Å². The SMILES string of the molecule is CNCCc1cn(CCc2cccnc2)cn1. The van der Waals surface area contributed by atoms with E-state index >= 15 is 0 Å². The summed E-state index contributed by atoms with van der Waals surface area (Å²) in [4.78, 5) is 8.48. The lowest BCUT2D eigenvalue weighted by atomic mass is 10.2. The van der Waals surface area contributed by atoms with Crippen molar-refractivity contribution < 1.29 is 0 Å². The van der Waals surface area contributed by atoms with E-state index in [2.05, 4.69) is 32.1 Å². The van der Waals surface area contributed by atoms with E-state index in [1.807, 2.05) is 25.6 Å². The summed E-state index contributed by atoms with van der Waals surface area (Å²) < 4.78 is 2.14. The van der Waals surface area contributed by atoms with Gasteiger partial charge in [-0.25, -0.2) is 4.98 Å². The molecule has 0 fully saturated rings. The third-order valence-corrected chi connectivity index (χ3v) is 2.70. The summed E-state index contributed by atoms with van der Waals surface area (Å²) in [6, 6.07) is 4.08. The Hall–Kier alpha value is -1.68. The highest BCUT2D eigenvalue weighted by atomic mass is 15.0. The summed E-state index contributed by atoms with van der Waals surface area (Å²) in [6.45, 7) is 1.93.